The van der Waals surface area contributed by atoms with Crippen LogP contribution in [0.1, 0.15) is 27.2 Å². The number of allylic oxidation sites excluding steroid dienone is 2. The molecule has 0 spiro atoms. The zero-order chi connectivity index (χ0) is 12.8. The summed E-state index contributed by atoms with van der Waals surface area (Å²) < 4.78 is 0. The molecular weight excluding hydrogens is 234 g/mol. The average molecular weight is 252 g/mol. The molecule has 17 heavy (non-hydrogen) atoms. The third-order valence-electron chi connectivity index (χ3n) is 2.61. The molecule has 4 heteroatoms. The summed E-state index contributed by atoms with van der Waals surface area (Å²) in [6.07, 6.45) is 0.742. The van der Waals surface area contributed by atoms with Gasteiger partial charge in [0.1, 0.15) is 0 Å². The Kier molecular flexibility index (Phi) is 5.04. The van der Waals surface area contributed by atoms with Crippen LogP contribution >= 0.6 is 11.6 Å². The molecule has 0 aliphatic rings. The maximum atomic E-state index is 7.74. The maximum absolute atomic E-state index is 7.74. The number of rotatable bonds is 5. The number of nitrogens with one attached hydrogen (secondary N) is 3. The van der Waals surface area contributed by atoms with Gasteiger partial charge in [0, 0.05) is 16.4 Å². The van der Waals surface area contributed by atoms with Gasteiger partial charge in [-0.1, -0.05) is 18.5 Å². The SMILES string of the molecule is CCC(=N)C(C)=C(C)NNc1ccc(Cl)cc1. The Morgan fingerprint density at radius 3 is 2.35 bits per heavy atom. The fraction of sp³-hybridized carbons (Fsp3) is 0.308. The molecular formula is C13H18ClN3. The van der Waals surface area contributed by atoms with Crippen molar-refractivity contribution in [1.29, 1.82) is 5.41 Å². The molecule has 3 N–H and O–H groups in total. The Labute approximate surface area is 107 Å². The molecule has 1 aromatic carbocycles. The van der Waals surface area contributed by atoms with Gasteiger partial charge in [-0.3, -0.25) is 0 Å². The highest BCUT2D eigenvalue weighted by Gasteiger charge is 2.01. The zero-order valence-electron chi connectivity index (χ0n) is 10.4. The van der Waals surface area contributed by atoms with Gasteiger partial charge in [-0.25, -0.2) is 0 Å². The van der Waals surface area contributed by atoms with E-state index in [9.17, 15) is 0 Å². The highest BCUT2D eigenvalue weighted by atomic mass is 35.5. The lowest BCUT2D eigenvalue weighted by Crippen LogP contribution is -2.21. The first-order chi connectivity index (χ1) is 8.04. The molecule has 0 aliphatic carbocycles. The summed E-state index contributed by atoms with van der Waals surface area (Å²) in [6.45, 7) is 5.87. The van der Waals surface area contributed by atoms with Crippen molar-refractivity contribution in [2.75, 3.05) is 5.43 Å². The van der Waals surface area contributed by atoms with E-state index in [-0.39, 0.29) is 0 Å². The molecule has 0 saturated heterocycles. The van der Waals surface area contributed by atoms with Gasteiger partial charge in [0.05, 0.1) is 5.69 Å². The van der Waals surface area contributed by atoms with Crippen molar-refractivity contribution < 1.29 is 0 Å². The molecule has 0 saturated carbocycles. The second kappa shape index (κ2) is 6.30. The average Bonchev–Trinajstić information content (AvgIpc) is 2.35. The summed E-state index contributed by atoms with van der Waals surface area (Å²) in [6, 6.07) is 7.43. The predicted molar refractivity (Wildman–Crippen MR) is 74.6 cm³/mol. The molecule has 1 aromatic rings. The number of benzene rings is 1. The van der Waals surface area contributed by atoms with Crippen LogP contribution in [-0.4, -0.2) is 5.71 Å². The Morgan fingerprint density at radius 2 is 1.82 bits per heavy atom. The van der Waals surface area contributed by atoms with Crippen molar-refractivity contribution in [3.05, 3.63) is 40.6 Å². The van der Waals surface area contributed by atoms with E-state index < -0.39 is 0 Å². The largest absolute Gasteiger partial charge is 0.305 e. The predicted octanol–water partition coefficient (Wildman–Crippen LogP) is 3.98. The Bertz CT molecular complexity index is 421. The van der Waals surface area contributed by atoms with Gasteiger partial charge >= 0.3 is 0 Å². The fourth-order valence-corrected chi connectivity index (χ4v) is 1.41. The third kappa shape index (κ3) is 4.11. The lowest BCUT2D eigenvalue weighted by atomic mass is 10.1. The van der Waals surface area contributed by atoms with E-state index in [1.54, 1.807) is 0 Å². The van der Waals surface area contributed by atoms with Gasteiger partial charge in [0.15, 0.2) is 0 Å². The van der Waals surface area contributed by atoms with E-state index in [0.29, 0.717) is 10.7 Å². The molecule has 0 fully saturated rings. The number of halogens is 1. The molecule has 0 heterocycles. The highest BCUT2D eigenvalue weighted by Crippen LogP contribution is 2.13. The molecule has 0 atom stereocenters. The molecule has 0 aromatic heterocycles. The van der Waals surface area contributed by atoms with Crippen LogP contribution in [0.3, 0.4) is 0 Å². The van der Waals surface area contributed by atoms with E-state index in [4.69, 9.17) is 17.0 Å². The van der Waals surface area contributed by atoms with E-state index in [1.807, 2.05) is 45.0 Å². The van der Waals surface area contributed by atoms with E-state index in [2.05, 4.69) is 10.9 Å². The van der Waals surface area contributed by atoms with Crippen molar-refractivity contribution in [2.45, 2.75) is 27.2 Å². The van der Waals surface area contributed by atoms with Crippen LogP contribution in [0.25, 0.3) is 0 Å². The lowest BCUT2D eigenvalue weighted by molar-refractivity contribution is 0.943. The quantitative estimate of drug-likeness (QED) is 0.548. The summed E-state index contributed by atoms with van der Waals surface area (Å²) in [4.78, 5) is 0. The van der Waals surface area contributed by atoms with Crippen LogP contribution in [0.5, 0.6) is 0 Å². The Balaban J connectivity index is 2.61. The van der Waals surface area contributed by atoms with Crippen LogP contribution in [0.15, 0.2) is 35.5 Å². The summed E-state index contributed by atoms with van der Waals surface area (Å²) >= 11 is 5.80. The zero-order valence-corrected chi connectivity index (χ0v) is 11.2. The van der Waals surface area contributed by atoms with Gasteiger partial charge < -0.3 is 16.3 Å². The number of hydrazine groups is 1. The second-order valence-corrected chi connectivity index (χ2v) is 4.28. The second-order valence-electron chi connectivity index (χ2n) is 3.84. The minimum atomic E-state index is 0.646. The molecule has 0 radical (unpaired) electrons. The van der Waals surface area contributed by atoms with Gasteiger partial charge in [-0.05, 0) is 50.1 Å². The summed E-state index contributed by atoms with van der Waals surface area (Å²) in [5, 5.41) is 8.46. The molecule has 3 nitrogen and oxygen atoms in total. The van der Waals surface area contributed by atoms with Gasteiger partial charge in [-0.2, -0.15) is 0 Å². The topological polar surface area (TPSA) is 47.9 Å². The van der Waals surface area contributed by atoms with Crippen molar-refractivity contribution in [1.82, 2.24) is 5.43 Å². The molecule has 0 aliphatic heterocycles. The first kappa shape index (κ1) is 13.6. The standard InChI is InChI=1S/C13H18ClN3/c1-4-13(15)9(2)10(3)16-17-12-7-5-11(14)6-8-12/h5-8,15-17H,4H2,1-3H3. The maximum Gasteiger partial charge on any atom is 0.0540 e. The molecule has 92 valence electrons. The van der Waals surface area contributed by atoms with Crippen LogP contribution < -0.4 is 10.9 Å². The van der Waals surface area contributed by atoms with E-state index in [1.165, 1.54) is 0 Å². The first-order valence-corrected chi connectivity index (χ1v) is 5.95. The van der Waals surface area contributed by atoms with Crippen molar-refractivity contribution in [3.8, 4) is 0 Å². The van der Waals surface area contributed by atoms with Crippen molar-refractivity contribution >= 4 is 23.0 Å². The van der Waals surface area contributed by atoms with Crippen molar-refractivity contribution in [3.63, 3.8) is 0 Å². The first-order valence-electron chi connectivity index (χ1n) is 5.57. The molecule has 0 amide bonds. The van der Waals surface area contributed by atoms with E-state index >= 15 is 0 Å². The van der Waals surface area contributed by atoms with Crippen LogP contribution in [0.2, 0.25) is 5.02 Å². The van der Waals surface area contributed by atoms with Gasteiger partial charge in [0.25, 0.3) is 0 Å². The minimum absolute atomic E-state index is 0.646. The highest BCUT2D eigenvalue weighted by molar-refractivity contribution is 6.30. The smallest absolute Gasteiger partial charge is 0.0540 e. The van der Waals surface area contributed by atoms with E-state index in [0.717, 1.165) is 23.4 Å². The molecule has 1 rings (SSSR count). The summed E-state index contributed by atoms with van der Waals surface area (Å²) in [5.41, 5.74) is 9.65. The molecule has 0 unspecified atom stereocenters. The normalized spacial score (nSPS) is 11.8. The number of anilines is 1. The van der Waals surface area contributed by atoms with Crippen LogP contribution in [0.4, 0.5) is 5.69 Å². The monoisotopic (exact) mass is 251 g/mol. The third-order valence-corrected chi connectivity index (χ3v) is 2.86. The van der Waals surface area contributed by atoms with Gasteiger partial charge in [-0.15, -0.1) is 0 Å². The van der Waals surface area contributed by atoms with Crippen molar-refractivity contribution in [2.24, 2.45) is 0 Å². The molecule has 0 bridgehead atoms. The Morgan fingerprint density at radius 1 is 1.24 bits per heavy atom. The summed E-state index contributed by atoms with van der Waals surface area (Å²) in [7, 11) is 0. The minimum Gasteiger partial charge on any atom is -0.305 e. The lowest BCUT2D eigenvalue weighted by Gasteiger charge is -2.13. The number of hydrogen-bond donors (Lipinski definition) is 3. The fourth-order valence-electron chi connectivity index (χ4n) is 1.28. The number of hydrogen-bond acceptors (Lipinski definition) is 3. The van der Waals surface area contributed by atoms with Crippen LogP contribution in [0, 0.1) is 5.41 Å². The van der Waals surface area contributed by atoms with Crippen LogP contribution in [-0.2, 0) is 0 Å². The van der Waals surface area contributed by atoms with Gasteiger partial charge in [0.2, 0.25) is 0 Å². The Hall–Kier alpha value is -1.48. The summed E-state index contributed by atoms with van der Waals surface area (Å²) in [5.74, 6) is 0.